The van der Waals surface area contributed by atoms with E-state index in [1.807, 2.05) is 0 Å². The lowest BCUT2D eigenvalue weighted by Crippen LogP contribution is -2.30. The molecule has 1 aliphatic rings. The zero-order valence-corrected chi connectivity index (χ0v) is 15.6. The van der Waals surface area contributed by atoms with Gasteiger partial charge in [0.05, 0.1) is 7.11 Å². The zero-order valence-electron chi connectivity index (χ0n) is 14.8. The first kappa shape index (κ1) is 18.9. The zero-order chi connectivity index (χ0) is 18.7. The van der Waals surface area contributed by atoms with Crippen LogP contribution in [0.15, 0.2) is 34.7 Å². The van der Waals surface area contributed by atoms with Crippen LogP contribution < -0.4 is 0 Å². The minimum Gasteiger partial charge on any atom is -0.452 e. The first-order valence-electron chi connectivity index (χ1n) is 8.43. The number of nitrogens with zero attached hydrogens (tertiary/aromatic N) is 1. The maximum absolute atomic E-state index is 13.2. The predicted octanol–water partition coefficient (Wildman–Crippen LogP) is 3.36. The Morgan fingerprint density at radius 2 is 2.00 bits per heavy atom. The average molecular weight is 379 g/mol. The number of hydrogen-bond acceptors (Lipinski definition) is 5. The number of hydrogen-bond donors (Lipinski definition) is 1. The number of thioether (sulfide) groups is 1. The highest BCUT2D eigenvalue weighted by Crippen LogP contribution is 2.38. The molecule has 1 amide bonds. The minimum absolute atomic E-state index is 0.139. The first-order chi connectivity index (χ1) is 12.4. The molecule has 0 unspecified atom stereocenters. The van der Waals surface area contributed by atoms with Crippen LogP contribution in [0.2, 0.25) is 0 Å². The van der Waals surface area contributed by atoms with Gasteiger partial charge < -0.3 is 9.52 Å². The second-order valence-corrected chi connectivity index (χ2v) is 7.62. The van der Waals surface area contributed by atoms with Crippen LogP contribution in [-0.2, 0) is 16.9 Å². The summed E-state index contributed by atoms with van der Waals surface area (Å²) in [4.78, 5) is 17.6. The molecule has 2 heterocycles. The van der Waals surface area contributed by atoms with Gasteiger partial charge in [0, 0.05) is 19.0 Å². The summed E-state index contributed by atoms with van der Waals surface area (Å²) in [7, 11) is 2.89. The number of aliphatic hydroxyl groups is 1. The lowest BCUT2D eigenvalue weighted by atomic mass is 9.93. The van der Waals surface area contributed by atoms with Gasteiger partial charge in [-0.15, -0.1) is 0 Å². The number of carbonyl (C=O) groups excluding carboxylic acids is 1. The number of rotatable bonds is 5. The van der Waals surface area contributed by atoms with Gasteiger partial charge in [-0.05, 0) is 48.1 Å². The summed E-state index contributed by atoms with van der Waals surface area (Å²) >= 11 is 1.79. The van der Waals surface area contributed by atoms with E-state index in [0.717, 1.165) is 22.1 Å². The van der Waals surface area contributed by atoms with Crippen molar-refractivity contribution in [2.75, 3.05) is 25.7 Å². The summed E-state index contributed by atoms with van der Waals surface area (Å²) in [5.41, 5.74) is 0.429. The molecular weight excluding hydrogens is 357 g/mol. The Kier molecular flexibility index (Phi) is 5.70. The first-order valence-corrected chi connectivity index (χ1v) is 9.58. The molecule has 3 rings (SSSR count). The van der Waals surface area contributed by atoms with Gasteiger partial charge in [-0.1, -0.05) is 12.1 Å². The highest BCUT2D eigenvalue weighted by atomic mass is 32.2. The van der Waals surface area contributed by atoms with Gasteiger partial charge in [0.1, 0.15) is 17.2 Å². The fourth-order valence-corrected chi connectivity index (χ4v) is 4.14. The van der Waals surface area contributed by atoms with Crippen LogP contribution in [0.3, 0.4) is 0 Å². The molecule has 0 spiro atoms. The van der Waals surface area contributed by atoms with Crippen molar-refractivity contribution >= 4 is 17.7 Å². The third-order valence-electron chi connectivity index (χ3n) is 4.65. The molecule has 0 aliphatic carbocycles. The normalized spacial score (nSPS) is 16.5. The van der Waals surface area contributed by atoms with Gasteiger partial charge in [0.15, 0.2) is 5.76 Å². The van der Waals surface area contributed by atoms with Crippen LogP contribution in [-0.4, -0.2) is 41.7 Å². The quantitative estimate of drug-likeness (QED) is 0.807. The monoisotopic (exact) mass is 379 g/mol. The molecule has 1 saturated heterocycles. The van der Waals surface area contributed by atoms with Gasteiger partial charge in [-0.25, -0.2) is 9.45 Å². The van der Waals surface area contributed by atoms with Crippen LogP contribution in [0.4, 0.5) is 4.39 Å². The lowest BCUT2D eigenvalue weighted by molar-refractivity contribution is -0.0779. The number of carbonyl (C=O) groups is 1. The Labute approximate surface area is 156 Å². The highest BCUT2D eigenvalue weighted by Gasteiger charge is 2.37. The molecule has 1 aliphatic heterocycles. The van der Waals surface area contributed by atoms with Crippen molar-refractivity contribution in [2.24, 2.45) is 0 Å². The van der Waals surface area contributed by atoms with E-state index in [-0.39, 0.29) is 11.6 Å². The smallest absolute Gasteiger partial charge is 0.313 e. The average Bonchev–Trinajstić information content (AvgIpc) is 3.07. The van der Waals surface area contributed by atoms with Gasteiger partial charge in [-0.2, -0.15) is 11.8 Å². The van der Waals surface area contributed by atoms with E-state index in [0.29, 0.717) is 30.6 Å². The molecule has 1 fully saturated rings. The largest absolute Gasteiger partial charge is 0.452 e. The summed E-state index contributed by atoms with van der Waals surface area (Å²) in [6, 6.07) is 7.84. The molecular formula is C19H22FNO4S. The van der Waals surface area contributed by atoms with Crippen molar-refractivity contribution in [1.82, 2.24) is 5.06 Å². The number of benzene rings is 1. The summed E-state index contributed by atoms with van der Waals surface area (Å²) in [6.45, 7) is 0. The molecule has 0 radical (unpaired) electrons. The van der Waals surface area contributed by atoms with E-state index in [2.05, 4.69) is 0 Å². The van der Waals surface area contributed by atoms with Crippen molar-refractivity contribution in [3.63, 3.8) is 0 Å². The molecule has 1 aromatic heterocycles. The molecule has 26 heavy (non-hydrogen) atoms. The van der Waals surface area contributed by atoms with Crippen molar-refractivity contribution in [1.29, 1.82) is 0 Å². The second-order valence-electron chi connectivity index (χ2n) is 6.40. The van der Waals surface area contributed by atoms with Crippen molar-refractivity contribution < 1.29 is 23.5 Å². The minimum atomic E-state index is -1.06. The highest BCUT2D eigenvalue weighted by molar-refractivity contribution is 7.99. The Bertz CT molecular complexity index is 768. The SMILES string of the molecule is CON(C)C(=O)c1oc(C2(O)CCSCC2)cc1Cc1ccc(F)cc1. The molecule has 1 N–H and O–H groups in total. The van der Waals surface area contributed by atoms with E-state index < -0.39 is 11.5 Å². The second kappa shape index (κ2) is 7.82. The van der Waals surface area contributed by atoms with Crippen LogP contribution in [0.25, 0.3) is 0 Å². The summed E-state index contributed by atoms with van der Waals surface area (Å²) in [6.07, 6.45) is 1.55. The summed E-state index contributed by atoms with van der Waals surface area (Å²) in [5.74, 6) is 1.48. The topological polar surface area (TPSA) is 62.9 Å². The van der Waals surface area contributed by atoms with Crippen LogP contribution in [0.5, 0.6) is 0 Å². The molecule has 7 heteroatoms. The molecule has 0 bridgehead atoms. The van der Waals surface area contributed by atoms with Crippen molar-refractivity contribution in [3.8, 4) is 0 Å². The Hall–Kier alpha value is -1.83. The van der Waals surface area contributed by atoms with Gasteiger partial charge in [0.2, 0.25) is 0 Å². The molecule has 2 aromatic rings. The maximum Gasteiger partial charge on any atom is 0.313 e. The van der Waals surface area contributed by atoms with Gasteiger partial charge >= 0.3 is 5.91 Å². The summed E-state index contributed by atoms with van der Waals surface area (Å²) in [5, 5.41) is 12.0. The Balaban J connectivity index is 1.97. The number of furan rings is 1. The number of amides is 1. The van der Waals surface area contributed by atoms with E-state index in [4.69, 9.17) is 9.25 Å². The fourth-order valence-electron chi connectivity index (χ4n) is 2.97. The van der Waals surface area contributed by atoms with Gasteiger partial charge in [0.25, 0.3) is 0 Å². The third-order valence-corrected chi connectivity index (χ3v) is 5.64. The number of halogens is 1. The predicted molar refractivity (Wildman–Crippen MR) is 97.5 cm³/mol. The molecule has 0 saturated carbocycles. The maximum atomic E-state index is 13.2. The lowest BCUT2D eigenvalue weighted by Gasteiger charge is -2.29. The Morgan fingerprint density at radius 3 is 2.62 bits per heavy atom. The van der Waals surface area contributed by atoms with E-state index in [1.165, 1.54) is 26.3 Å². The fraction of sp³-hybridized carbons (Fsp3) is 0.421. The molecule has 140 valence electrons. The number of hydroxylamine groups is 2. The van der Waals surface area contributed by atoms with Gasteiger partial charge in [-0.3, -0.25) is 9.63 Å². The van der Waals surface area contributed by atoms with Crippen LogP contribution >= 0.6 is 11.8 Å². The molecule has 5 nitrogen and oxygen atoms in total. The van der Waals surface area contributed by atoms with Crippen molar-refractivity contribution in [2.45, 2.75) is 24.9 Å². The van der Waals surface area contributed by atoms with E-state index in [1.54, 1.807) is 30.0 Å². The standard InChI is InChI=1S/C19H22FNO4S/c1-21(24-2)18(22)17-14(11-13-3-5-15(20)6-4-13)12-16(25-17)19(23)7-9-26-10-8-19/h3-6,12,23H,7-11H2,1-2H3. The Morgan fingerprint density at radius 1 is 1.35 bits per heavy atom. The van der Waals surface area contributed by atoms with Crippen LogP contribution in [0, 0.1) is 5.82 Å². The van der Waals surface area contributed by atoms with E-state index >= 15 is 0 Å². The summed E-state index contributed by atoms with van der Waals surface area (Å²) < 4.78 is 19.0. The third kappa shape index (κ3) is 3.95. The van der Waals surface area contributed by atoms with E-state index in [9.17, 15) is 14.3 Å². The molecule has 0 atom stereocenters. The van der Waals surface area contributed by atoms with Crippen molar-refractivity contribution in [3.05, 3.63) is 58.8 Å². The van der Waals surface area contributed by atoms with Crippen LogP contribution in [0.1, 0.15) is 40.3 Å². The molecule has 1 aromatic carbocycles.